The molecule has 4 rings (SSSR count). The number of nitrogens with zero attached hydrogens (tertiary/aromatic N) is 2. The number of imide groups is 1. The number of hydrogen-bond donors (Lipinski definition) is 0. The Morgan fingerprint density at radius 2 is 1.53 bits per heavy atom. The number of carbonyl (C=O) groups excluding carboxylic acids is 2. The molecule has 0 spiro atoms. The molecule has 0 fully saturated rings. The van der Waals surface area contributed by atoms with Crippen LogP contribution < -0.4 is 4.90 Å². The summed E-state index contributed by atoms with van der Waals surface area (Å²) in [5.74, 6) is -0.161. The highest BCUT2D eigenvalue weighted by Gasteiger charge is 2.42. The minimum absolute atomic E-state index is 0.268. The maximum Gasteiger partial charge on any atom is 0.282 e. The Kier molecular flexibility index (Phi) is 6.69. The van der Waals surface area contributed by atoms with E-state index in [0.29, 0.717) is 36.0 Å². The molecule has 1 heterocycles. The average molecular weight is 453 g/mol. The van der Waals surface area contributed by atoms with Crippen LogP contribution in [0, 0.1) is 13.8 Å². The van der Waals surface area contributed by atoms with Crippen LogP contribution in [-0.4, -0.2) is 23.3 Å². The zero-order valence-corrected chi connectivity index (χ0v) is 20.6. The Morgan fingerprint density at radius 1 is 0.853 bits per heavy atom. The molecule has 0 aliphatic carbocycles. The number of hydrogen-bond acceptors (Lipinski definition) is 3. The Labute approximate surface area is 202 Å². The number of amides is 2. The largest absolute Gasteiger partial charge is 0.362 e. The van der Waals surface area contributed by atoms with Crippen molar-refractivity contribution in [3.8, 4) is 0 Å². The molecular formula is C30H32N2O2. The fourth-order valence-electron chi connectivity index (χ4n) is 4.54. The number of carbonyl (C=O) groups is 2. The van der Waals surface area contributed by atoms with Crippen LogP contribution in [0.5, 0.6) is 0 Å². The van der Waals surface area contributed by atoms with Crippen LogP contribution in [-0.2, 0) is 16.1 Å². The van der Waals surface area contributed by atoms with Crippen LogP contribution in [0.2, 0.25) is 0 Å². The lowest BCUT2D eigenvalue weighted by Crippen LogP contribution is -2.35. The molecule has 0 saturated heterocycles. The normalized spacial score (nSPS) is 13.9. The average Bonchev–Trinajstić information content (AvgIpc) is 3.08. The first-order chi connectivity index (χ1) is 16.3. The fourth-order valence-corrected chi connectivity index (χ4v) is 4.54. The van der Waals surface area contributed by atoms with Crippen molar-refractivity contribution < 1.29 is 9.59 Å². The van der Waals surface area contributed by atoms with Gasteiger partial charge < -0.3 is 4.90 Å². The number of benzene rings is 3. The molecule has 0 saturated carbocycles. The highest BCUT2D eigenvalue weighted by atomic mass is 16.2. The van der Waals surface area contributed by atoms with E-state index in [0.717, 1.165) is 22.3 Å². The second-order valence-corrected chi connectivity index (χ2v) is 9.23. The van der Waals surface area contributed by atoms with Gasteiger partial charge in [-0.2, -0.15) is 0 Å². The van der Waals surface area contributed by atoms with Gasteiger partial charge in [-0.05, 0) is 61.1 Å². The van der Waals surface area contributed by atoms with Crippen molar-refractivity contribution in [2.24, 2.45) is 0 Å². The summed E-state index contributed by atoms with van der Waals surface area (Å²) in [5, 5.41) is 0. The first-order valence-electron chi connectivity index (χ1n) is 11.9. The van der Waals surface area contributed by atoms with Crippen molar-refractivity contribution in [3.63, 3.8) is 0 Å². The van der Waals surface area contributed by atoms with Gasteiger partial charge in [0.1, 0.15) is 5.70 Å². The maximum absolute atomic E-state index is 13.9. The minimum Gasteiger partial charge on any atom is -0.362 e. The van der Waals surface area contributed by atoms with Gasteiger partial charge in [-0.15, -0.1) is 0 Å². The standard InChI is InChI=1S/C30H32N2O2/c1-6-31(19-23-10-8-7-9-11-23)28-27(26-17-12-21(4)18-22(26)5)29(33)32(30(28)34)25-15-13-24(14-16-25)20(2)3/h7-18,20H,6,19H2,1-5H3. The van der Waals surface area contributed by atoms with Crippen LogP contribution in [0.3, 0.4) is 0 Å². The lowest BCUT2D eigenvalue weighted by molar-refractivity contribution is -0.120. The molecule has 2 amide bonds. The zero-order chi connectivity index (χ0) is 24.4. The van der Waals surface area contributed by atoms with Crippen LogP contribution in [0.4, 0.5) is 5.69 Å². The Balaban J connectivity index is 1.83. The Bertz CT molecular complexity index is 1240. The third-order valence-electron chi connectivity index (χ3n) is 6.44. The third kappa shape index (κ3) is 4.41. The molecule has 3 aromatic carbocycles. The maximum atomic E-state index is 13.9. The second-order valence-electron chi connectivity index (χ2n) is 9.23. The van der Waals surface area contributed by atoms with Crippen molar-refractivity contribution in [1.29, 1.82) is 0 Å². The van der Waals surface area contributed by atoms with Crippen LogP contribution in [0.15, 0.2) is 78.5 Å². The number of aryl methyl sites for hydroxylation is 2. The van der Waals surface area contributed by atoms with Gasteiger partial charge in [0.05, 0.1) is 11.3 Å². The molecular weight excluding hydrogens is 420 g/mol. The summed E-state index contributed by atoms with van der Waals surface area (Å²) < 4.78 is 0. The summed E-state index contributed by atoms with van der Waals surface area (Å²) >= 11 is 0. The van der Waals surface area contributed by atoms with Gasteiger partial charge in [-0.25, -0.2) is 4.90 Å². The Hall–Kier alpha value is -3.66. The van der Waals surface area contributed by atoms with Crippen molar-refractivity contribution in [3.05, 3.63) is 106 Å². The molecule has 1 aliphatic heterocycles. The predicted molar refractivity (Wildman–Crippen MR) is 138 cm³/mol. The highest BCUT2D eigenvalue weighted by Crippen LogP contribution is 2.37. The molecule has 0 unspecified atom stereocenters. The van der Waals surface area contributed by atoms with Gasteiger partial charge in [0.15, 0.2) is 0 Å². The van der Waals surface area contributed by atoms with Gasteiger partial charge in [-0.3, -0.25) is 9.59 Å². The fraction of sp³-hybridized carbons (Fsp3) is 0.267. The first-order valence-corrected chi connectivity index (χ1v) is 11.9. The van der Waals surface area contributed by atoms with Crippen LogP contribution >= 0.6 is 0 Å². The third-order valence-corrected chi connectivity index (χ3v) is 6.44. The molecule has 1 aliphatic rings. The summed E-state index contributed by atoms with van der Waals surface area (Å²) in [6, 6.07) is 23.8. The summed E-state index contributed by atoms with van der Waals surface area (Å²) in [6.07, 6.45) is 0. The summed E-state index contributed by atoms with van der Waals surface area (Å²) in [6.45, 7) is 11.5. The van der Waals surface area contributed by atoms with Gasteiger partial charge in [0, 0.05) is 13.1 Å². The monoisotopic (exact) mass is 452 g/mol. The lowest BCUT2D eigenvalue weighted by Gasteiger charge is -2.25. The molecule has 174 valence electrons. The first kappa shape index (κ1) is 23.5. The van der Waals surface area contributed by atoms with Crippen molar-refractivity contribution >= 4 is 23.1 Å². The zero-order valence-electron chi connectivity index (χ0n) is 20.6. The Morgan fingerprint density at radius 3 is 2.12 bits per heavy atom. The summed E-state index contributed by atoms with van der Waals surface area (Å²) in [4.78, 5) is 31.1. The number of rotatable bonds is 7. The van der Waals surface area contributed by atoms with Gasteiger partial charge in [0.25, 0.3) is 11.8 Å². The van der Waals surface area contributed by atoms with Gasteiger partial charge in [-0.1, -0.05) is 80.1 Å². The van der Waals surface area contributed by atoms with E-state index >= 15 is 0 Å². The molecule has 0 bridgehead atoms. The van der Waals surface area contributed by atoms with Crippen molar-refractivity contribution in [2.45, 2.75) is 47.1 Å². The molecule has 0 radical (unpaired) electrons. The topological polar surface area (TPSA) is 40.6 Å². The molecule has 0 atom stereocenters. The van der Waals surface area contributed by atoms with Gasteiger partial charge in [0.2, 0.25) is 0 Å². The predicted octanol–water partition coefficient (Wildman–Crippen LogP) is 6.23. The van der Waals surface area contributed by atoms with E-state index in [4.69, 9.17) is 0 Å². The van der Waals surface area contributed by atoms with E-state index in [9.17, 15) is 9.59 Å². The van der Waals surface area contributed by atoms with Crippen LogP contribution in [0.1, 0.15) is 54.5 Å². The van der Waals surface area contributed by atoms with Crippen molar-refractivity contribution in [2.75, 3.05) is 11.4 Å². The second kappa shape index (κ2) is 9.68. The van der Waals surface area contributed by atoms with E-state index < -0.39 is 0 Å². The molecule has 4 heteroatoms. The molecule has 34 heavy (non-hydrogen) atoms. The summed E-state index contributed by atoms with van der Waals surface area (Å²) in [7, 11) is 0. The molecule has 0 aromatic heterocycles. The van der Waals surface area contributed by atoms with E-state index in [1.54, 1.807) is 0 Å². The van der Waals surface area contributed by atoms with E-state index in [1.165, 1.54) is 10.5 Å². The summed E-state index contributed by atoms with van der Waals surface area (Å²) in [5.41, 5.74) is 6.74. The van der Waals surface area contributed by atoms with E-state index in [1.807, 2.05) is 92.4 Å². The van der Waals surface area contributed by atoms with Gasteiger partial charge >= 0.3 is 0 Å². The lowest BCUT2D eigenvalue weighted by atomic mass is 9.97. The molecule has 0 N–H and O–H groups in total. The number of likely N-dealkylation sites (N-methyl/N-ethyl adjacent to an activating group) is 1. The highest BCUT2D eigenvalue weighted by molar-refractivity contribution is 6.45. The number of anilines is 1. The SMILES string of the molecule is CCN(Cc1ccccc1)C1=C(c2ccc(C)cc2C)C(=O)N(c2ccc(C(C)C)cc2)C1=O. The smallest absolute Gasteiger partial charge is 0.282 e. The van der Waals surface area contributed by atoms with Crippen molar-refractivity contribution in [1.82, 2.24) is 4.90 Å². The van der Waals surface area contributed by atoms with E-state index in [2.05, 4.69) is 19.9 Å². The van der Waals surface area contributed by atoms with Crippen LogP contribution in [0.25, 0.3) is 5.57 Å². The minimum atomic E-state index is -0.268. The molecule has 3 aromatic rings. The molecule has 4 nitrogen and oxygen atoms in total. The van der Waals surface area contributed by atoms with E-state index in [-0.39, 0.29) is 11.8 Å². The quantitative estimate of drug-likeness (QED) is 0.399.